The van der Waals surface area contributed by atoms with E-state index in [1.807, 2.05) is 37.0 Å². The summed E-state index contributed by atoms with van der Waals surface area (Å²) in [4.78, 5) is 15.4. The number of ether oxygens (including phenoxy) is 1. The van der Waals surface area contributed by atoms with Crippen molar-refractivity contribution < 1.29 is 9.53 Å². The van der Waals surface area contributed by atoms with Gasteiger partial charge in [0.25, 0.3) is 0 Å². The van der Waals surface area contributed by atoms with Crippen LogP contribution in [-0.4, -0.2) is 36.2 Å². The van der Waals surface area contributed by atoms with Gasteiger partial charge in [-0.15, -0.1) is 11.3 Å². The summed E-state index contributed by atoms with van der Waals surface area (Å²) in [6, 6.07) is 2.22. The summed E-state index contributed by atoms with van der Waals surface area (Å²) in [5.41, 5.74) is 1.05. The zero-order valence-corrected chi connectivity index (χ0v) is 15.7. The van der Waals surface area contributed by atoms with Crippen LogP contribution in [-0.2, 0) is 17.7 Å². The number of piperidine rings is 1. The van der Waals surface area contributed by atoms with Gasteiger partial charge in [-0.05, 0) is 69.5 Å². The van der Waals surface area contributed by atoms with Crippen LogP contribution in [0.15, 0.2) is 11.4 Å². The Morgan fingerprint density at radius 2 is 2.09 bits per heavy atom. The van der Waals surface area contributed by atoms with Gasteiger partial charge in [-0.1, -0.05) is 6.92 Å². The number of carbonyl (C=O) groups excluding carboxylic acids is 1. The Morgan fingerprint density at radius 1 is 1.39 bits per heavy atom. The minimum absolute atomic E-state index is 0.171. The number of likely N-dealkylation sites (tertiary alicyclic amines) is 1. The van der Waals surface area contributed by atoms with E-state index in [1.54, 1.807) is 0 Å². The summed E-state index contributed by atoms with van der Waals surface area (Å²) < 4.78 is 5.44. The van der Waals surface area contributed by atoms with E-state index in [2.05, 4.69) is 23.7 Å². The predicted octanol–water partition coefficient (Wildman–Crippen LogP) is 4.05. The first-order chi connectivity index (χ1) is 10.9. The van der Waals surface area contributed by atoms with Gasteiger partial charge in [0.05, 0.1) is 0 Å². The Morgan fingerprint density at radius 3 is 2.70 bits per heavy atom. The first-order valence-electron chi connectivity index (χ1n) is 8.63. The zero-order chi connectivity index (χ0) is 16.9. The standard InChI is InChI=1S/C18H30N2O2S/c1-5-15-8-11-23-16(15)13-19-12-14-6-9-20(10-7-14)17(21)22-18(2,3)4/h8,11,14,19H,5-7,9-10,12-13H2,1-4H3. The van der Waals surface area contributed by atoms with Crippen molar-refractivity contribution in [3.05, 3.63) is 21.9 Å². The van der Waals surface area contributed by atoms with Crippen LogP contribution in [0.25, 0.3) is 0 Å². The van der Waals surface area contributed by atoms with Crippen molar-refractivity contribution >= 4 is 17.4 Å². The molecule has 1 aromatic heterocycles. The highest BCUT2D eigenvalue weighted by atomic mass is 32.1. The predicted molar refractivity (Wildman–Crippen MR) is 95.9 cm³/mol. The molecule has 0 aliphatic carbocycles. The molecule has 0 spiro atoms. The van der Waals surface area contributed by atoms with Crippen molar-refractivity contribution in [1.82, 2.24) is 10.2 Å². The molecular weight excluding hydrogens is 308 g/mol. The molecule has 1 saturated heterocycles. The van der Waals surface area contributed by atoms with E-state index >= 15 is 0 Å². The average molecular weight is 339 g/mol. The number of amides is 1. The Hall–Kier alpha value is -1.07. The van der Waals surface area contributed by atoms with Crippen LogP contribution < -0.4 is 5.32 Å². The number of carbonyl (C=O) groups is 1. The number of nitrogens with zero attached hydrogens (tertiary/aromatic N) is 1. The lowest BCUT2D eigenvalue weighted by Gasteiger charge is -2.33. The first kappa shape index (κ1) is 18.3. The maximum absolute atomic E-state index is 12.0. The number of thiophene rings is 1. The van der Waals surface area contributed by atoms with Crippen molar-refractivity contribution in [3.8, 4) is 0 Å². The van der Waals surface area contributed by atoms with E-state index in [0.29, 0.717) is 5.92 Å². The Balaban J connectivity index is 1.68. The maximum Gasteiger partial charge on any atom is 0.410 e. The summed E-state index contributed by atoms with van der Waals surface area (Å²) in [6.07, 6.45) is 3.04. The lowest BCUT2D eigenvalue weighted by atomic mass is 9.97. The molecule has 5 heteroatoms. The third-order valence-electron chi connectivity index (χ3n) is 4.20. The molecule has 0 bridgehead atoms. The Bertz CT molecular complexity index is 499. The molecule has 0 aromatic carbocycles. The molecule has 1 aliphatic rings. The van der Waals surface area contributed by atoms with Crippen molar-refractivity contribution in [2.24, 2.45) is 5.92 Å². The van der Waals surface area contributed by atoms with E-state index in [9.17, 15) is 4.79 Å². The van der Waals surface area contributed by atoms with Gasteiger partial charge in [-0.2, -0.15) is 0 Å². The Kier molecular flexibility index (Phi) is 6.48. The molecule has 0 saturated carbocycles. The van der Waals surface area contributed by atoms with E-state index in [0.717, 1.165) is 45.4 Å². The summed E-state index contributed by atoms with van der Waals surface area (Å²) in [6.45, 7) is 11.6. The van der Waals surface area contributed by atoms with Crippen LogP contribution in [0.1, 0.15) is 51.0 Å². The summed E-state index contributed by atoms with van der Waals surface area (Å²) in [5, 5.41) is 5.77. The molecule has 2 heterocycles. The van der Waals surface area contributed by atoms with Crippen LogP contribution in [0.2, 0.25) is 0 Å². The molecule has 1 aromatic rings. The molecule has 1 aliphatic heterocycles. The summed E-state index contributed by atoms with van der Waals surface area (Å²) >= 11 is 1.84. The molecule has 1 amide bonds. The Labute approximate surface area is 144 Å². The fourth-order valence-electron chi connectivity index (χ4n) is 2.87. The third kappa shape index (κ3) is 5.81. The topological polar surface area (TPSA) is 41.6 Å². The number of rotatable bonds is 5. The van der Waals surface area contributed by atoms with Crippen molar-refractivity contribution in [3.63, 3.8) is 0 Å². The van der Waals surface area contributed by atoms with E-state index < -0.39 is 5.60 Å². The van der Waals surface area contributed by atoms with Gasteiger partial charge in [0, 0.05) is 24.5 Å². The SMILES string of the molecule is CCc1ccsc1CNCC1CCN(C(=O)OC(C)(C)C)CC1. The highest BCUT2D eigenvalue weighted by molar-refractivity contribution is 7.10. The number of aryl methyl sites for hydroxylation is 1. The van der Waals surface area contributed by atoms with Crippen LogP contribution in [0.5, 0.6) is 0 Å². The largest absolute Gasteiger partial charge is 0.444 e. The van der Waals surface area contributed by atoms with E-state index in [4.69, 9.17) is 4.74 Å². The van der Waals surface area contributed by atoms with Crippen LogP contribution in [0.4, 0.5) is 4.79 Å². The van der Waals surface area contributed by atoms with Gasteiger partial charge in [-0.3, -0.25) is 0 Å². The molecule has 0 radical (unpaired) electrons. The monoisotopic (exact) mass is 338 g/mol. The lowest BCUT2D eigenvalue weighted by Crippen LogP contribution is -2.43. The smallest absolute Gasteiger partial charge is 0.410 e. The quantitative estimate of drug-likeness (QED) is 0.881. The highest BCUT2D eigenvalue weighted by Gasteiger charge is 2.26. The fraction of sp³-hybridized carbons (Fsp3) is 0.722. The maximum atomic E-state index is 12.0. The molecular formula is C18H30N2O2S. The van der Waals surface area contributed by atoms with Gasteiger partial charge in [0.1, 0.15) is 5.60 Å². The second-order valence-electron chi connectivity index (χ2n) is 7.26. The number of hydrogen-bond acceptors (Lipinski definition) is 4. The molecule has 1 N–H and O–H groups in total. The van der Waals surface area contributed by atoms with Gasteiger partial charge in [0.2, 0.25) is 0 Å². The molecule has 23 heavy (non-hydrogen) atoms. The highest BCUT2D eigenvalue weighted by Crippen LogP contribution is 2.20. The lowest BCUT2D eigenvalue weighted by molar-refractivity contribution is 0.0184. The second kappa shape index (κ2) is 8.15. The fourth-order valence-corrected chi connectivity index (χ4v) is 3.82. The van der Waals surface area contributed by atoms with Crippen LogP contribution in [0.3, 0.4) is 0 Å². The normalized spacial score (nSPS) is 16.6. The van der Waals surface area contributed by atoms with E-state index in [-0.39, 0.29) is 6.09 Å². The van der Waals surface area contributed by atoms with Crippen LogP contribution >= 0.6 is 11.3 Å². The van der Waals surface area contributed by atoms with Gasteiger partial charge < -0.3 is 15.0 Å². The number of hydrogen-bond donors (Lipinski definition) is 1. The zero-order valence-electron chi connectivity index (χ0n) is 14.9. The minimum atomic E-state index is -0.410. The average Bonchev–Trinajstić information content (AvgIpc) is 2.93. The van der Waals surface area contributed by atoms with Gasteiger partial charge in [-0.25, -0.2) is 4.79 Å². The van der Waals surface area contributed by atoms with Crippen molar-refractivity contribution in [1.29, 1.82) is 0 Å². The third-order valence-corrected chi connectivity index (χ3v) is 5.17. The second-order valence-corrected chi connectivity index (χ2v) is 8.26. The first-order valence-corrected chi connectivity index (χ1v) is 9.51. The number of nitrogens with one attached hydrogen (secondary N) is 1. The van der Waals surface area contributed by atoms with E-state index in [1.165, 1.54) is 10.4 Å². The molecule has 0 unspecified atom stereocenters. The molecule has 0 atom stereocenters. The molecule has 4 nitrogen and oxygen atoms in total. The molecule has 2 rings (SSSR count). The minimum Gasteiger partial charge on any atom is -0.444 e. The van der Waals surface area contributed by atoms with Crippen molar-refractivity contribution in [2.45, 2.75) is 59.1 Å². The summed E-state index contributed by atoms with van der Waals surface area (Å²) in [5.74, 6) is 0.652. The van der Waals surface area contributed by atoms with Crippen molar-refractivity contribution in [2.75, 3.05) is 19.6 Å². The summed E-state index contributed by atoms with van der Waals surface area (Å²) in [7, 11) is 0. The molecule has 1 fully saturated rings. The van der Waals surface area contributed by atoms with Gasteiger partial charge in [0.15, 0.2) is 0 Å². The molecule has 130 valence electrons. The van der Waals surface area contributed by atoms with Gasteiger partial charge >= 0.3 is 6.09 Å². The van der Waals surface area contributed by atoms with Crippen LogP contribution in [0, 0.1) is 5.92 Å².